The largest absolute Gasteiger partial charge is 0.501 e. The van der Waals surface area contributed by atoms with Crippen molar-refractivity contribution in [2.75, 3.05) is 0 Å². The van der Waals surface area contributed by atoms with Gasteiger partial charge in [-0.05, 0) is 66.8 Å². The number of aromatic nitrogens is 2. The third-order valence-electron chi connectivity index (χ3n) is 4.32. The molecule has 0 radical (unpaired) electrons. The van der Waals surface area contributed by atoms with Crippen molar-refractivity contribution in [2.45, 2.75) is 25.4 Å². The molecule has 0 fully saturated rings. The molecule has 3 aromatic rings. The third kappa shape index (κ3) is 2.82. The summed E-state index contributed by atoms with van der Waals surface area (Å²) in [5.74, 6) is -1.94. The second-order valence-corrected chi connectivity index (χ2v) is 6.03. The number of ether oxygens (including phenoxy) is 1. The Morgan fingerprint density at radius 2 is 1.84 bits per heavy atom. The van der Waals surface area contributed by atoms with E-state index in [1.807, 2.05) is 0 Å². The highest BCUT2D eigenvalue weighted by molar-refractivity contribution is 5.81. The number of rotatable bonds is 4. The van der Waals surface area contributed by atoms with Crippen LogP contribution in [0.15, 0.2) is 36.4 Å². The number of nitrogens with one attached hydrogen (secondary N) is 1. The molecular weight excluding hydrogens is 330 g/mol. The highest BCUT2D eigenvalue weighted by Crippen LogP contribution is 2.29. The zero-order valence-corrected chi connectivity index (χ0v) is 13.1. The van der Waals surface area contributed by atoms with Crippen LogP contribution in [0.4, 0.5) is 8.78 Å². The van der Waals surface area contributed by atoms with Crippen molar-refractivity contribution in [1.82, 2.24) is 9.97 Å². The van der Waals surface area contributed by atoms with Crippen molar-refractivity contribution in [3.8, 4) is 17.1 Å². The smallest absolute Gasteiger partial charge is 0.474 e. The molecule has 2 aromatic carbocycles. The predicted octanol–water partition coefficient (Wildman–Crippen LogP) is 3.77. The summed E-state index contributed by atoms with van der Waals surface area (Å²) in [6, 6.07) is 9.89. The topological polar surface area (TPSA) is 75.2 Å². The van der Waals surface area contributed by atoms with Gasteiger partial charge in [0.1, 0.15) is 11.6 Å². The molecule has 0 saturated carbocycles. The number of aliphatic carboxylic acids is 1. The lowest BCUT2D eigenvalue weighted by Crippen LogP contribution is -2.34. The number of alkyl halides is 2. The van der Waals surface area contributed by atoms with Gasteiger partial charge in [-0.25, -0.2) is 9.78 Å². The monoisotopic (exact) mass is 344 g/mol. The number of aryl methyl sites for hydroxylation is 2. The van der Waals surface area contributed by atoms with E-state index in [1.165, 1.54) is 23.3 Å². The fourth-order valence-corrected chi connectivity index (χ4v) is 3.09. The molecule has 0 spiro atoms. The van der Waals surface area contributed by atoms with Crippen LogP contribution in [-0.4, -0.2) is 27.2 Å². The first kappa shape index (κ1) is 15.6. The van der Waals surface area contributed by atoms with Gasteiger partial charge in [-0.2, -0.15) is 8.78 Å². The standard InChI is InChI=1S/C18H14F2N2O3/c19-18(20,17(23)24)25-13-6-4-10(5-7-13)16-21-14-8-11-2-1-3-12(11)9-15(14)22-16/h4-9H,1-3H2,(H,21,22)(H,23,24). The van der Waals surface area contributed by atoms with E-state index in [1.54, 1.807) is 12.1 Å². The number of halogens is 2. The van der Waals surface area contributed by atoms with E-state index in [9.17, 15) is 13.6 Å². The number of carboxylic acids is 1. The lowest BCUT2D eigenvalue weighted by Gasteiger charge is -2.13. The second-order valence-electron chi connectivity index (χ2n) is 6.03. The molecule has 1 aliphatic rings. The number of hydrogen-bond donors (Lipinski definition) is 2. The van der Waals surface area contributed by atoms with E-state index in [0.29, 0.717) is 11.4 Å². The molecule has 4 rings (SSSR count). The maximum Gasteiger partial charge on any atom is 0.501 e. The third-order valence-corrected chi connectivity index (χ3v) is 4.32. The number of imidazole rings is 1. The molecule has 0 unspecified atom stereocenters. The first-order chi connectivity index (χ1) is 11.9. The van der Waals surface area contributed by atoms with E-state index < -0.39 is 12.1 Å². The Morgan fingerprint density at radius 3 is 2.52 bits per heavy atom. The van der Waals surface area contributed by atoms with Crippen LogP contribution < -0.4 is 4.74 Å². The molecular formula is C18H14F2N2O3. The normalized spacial score (nSPS) is 13.8. The fourth-order valence-electron chi connectivity index (χ4n) is 3.09. The minimum atomic E-state index is -4.26. The summed E-state index contributed by atoms with van der Waals surface area (Å²) in [7, 11) is 0. The number of benzene rings is 2. The summed E-state index contributed by atoms with van der Waals surface area (Å²) >= 11 is 0. The van der Waals surface area contributed by atoms with Gasteiger partial charge >= 0.3 is 12.1 Å². The van der Waals surface area contributed by atoms with Crippen molar-refractivity contribution >= 4 is 17.0 Å². The first-order valence-electron chi connectivity index (χ1n) is 7.84. The molecule has 0 amide bonds. The van der Waals surface area contributed by atoms with E-state index in [0.717, 1.165) is 30.3 Å². The molecule has 2 N–H and O–H groups in total. The summed E-state index contributed by atoms with van der Waals surface area (Å²) in [6.45, 7) is 0. The van der Waals surface area contributed by atoms with Crippen molar-refractivity contribution < 1.29 is 23.4 Å². The van der Waals surface area contributed by atoms with Crippen LogP contribution in [0.25, 0.3) is 22.4 Å². The summed E-state index contributed by atoms with van der Waals surface area (Å²) in [5, 5.41) is 8.40. The van der Waals surface area contributed by atoms with Gasteiger partial charge in [0.05, 0.1) is 11.0 Å². The van der Waals surface area contributed by atoms with Crippen LogP contribution in [-0.2, 0) is 17.6 Å². The van der Waals surface area contributed by atoms with Gasteiger partial charge in [0.25, 0.3) is 0 Å². The minimum Gasteiger partial charge on any atom is -0.474 e. The van der Waals surface area contributed by atoms with Crippen LogP contribution >= 0.6 is 0 Å². The van der Waals surface area contributed by atoms with Gasteiger partial charge < -0.3 is 14.8 Å². The van der Waals surface area contributed by atoms with Gasteiger partial charge in [0.2, 0.25) is 0 Å². The van der Waals surface area contributed by atoms with Crippen LogP contribution in [0.5, 0.6) is 5.75 Å². The first-order valence-corrected chi connectivity index (χ1v) is 7.84. The van der Waals surface area contributed by atoms with Gasteiger partial charge in [-0.15, -0.1) is 0 Å². The lowest BCUT2D eigenvalue weighted by atomic mass is 10.1. The van der Waals surface area contributed by atoms with Crippen molar-refractivity contribution in [1.29, 1.82) is 0 Å². The van der Waals surface area contributed by atoms with Crippen molar-refractivity contribution in [2.24, 2.45) is 0 Å². The lowest BCUT2D eigenvalue weighted by molar-refractivity contribution is -0.210. The second kappa shape index (κ2) is 5.54. The van der Waals surface area contributed by atoms with Crippen molar-refractivity contribution in [3.63, 3.8) is 0 Å². The Hall–Kier alpha value is -2.96. The van der Waals surface area contributed by atoms with E-state index in [2.05, 4.69) is 26.8 Å². The number of fused-ring (bicyclic) bond motifs is 2. The summed E-state index contributed by atoms with van der Waals surface area (Å²) in [4.78, 5) is 18.2. The Balaban J connectivity index is 1.62. The molecule has 0 aliphatic heterocycles. The molecule has 128 valence electrons. The molecule has 1 aromatic heterocycles. The SMILES string of the molecule is O=C(O)C(F)(F)Oc1ccc(-c2nc3cc4c(cc3[nH]2)CCC4)cc1. The molecule has 0 bridgehead atoms. The van der Waals surface area contributed by atoms with Gasteiger partial charge in [0.15, 0.2) is 0 Å². The van der Waals surface area contributed by atoms with Gasteiger partial charge in [-0.1, -0.05) is 0 Å². The van der Waals surface area contributed by atoms with Crippen LogP contribution in [0.2, 0.25) is 0 Å². The average molecular weight is 344 g/mol. The number of aromatic amines is 1. The molecule has 7 heteroatoms. The Labute approximate surface area is 141 Å². The Morgan fingerprint density at radius 1 is 1.16 bits per heavy atom. The van der Waals surface area contributed by atoms with E-state index in [4.69, 9.17) is 5.11 Å². The minimum absolute atomic E-state index is 0.230. The predicted molar refractivity (Wildman–Crippen MR) is 86.8 cm³/mol. The number of H-pyrrole nitrogens is 1. The fraction of sp³-hybridized carbons (Fsp3) is 0.222. The molecule has 5 nitrogen and oxygen atoms in total. The molecule has 25 heavy (non-hydrogen) atoms. The maximum atomic E-state index is 13.1. The maximum absolute atomic E-state index is 13.1. The van der Waals surface area contributed by atoms with Gasteiger partial charge in [-0.3, -0.25) is 0 Å². The van der Waals surface area contributed by atoms with Crippen molar-refractivity contribution in [3.05, 3.63) is 47.5 Å². The quantitative estimate of drug-likeness (QED) is 0.755. The molecule has 1 heterocycles. The Kier molecular flexibility index (Phi) is 3.45. The number of hydrogen-bond acceptors (Lipinski definition) is 3. The number of carboxylic acid groups (broad SMARTS) is 1. The highest BCUT2D eigenvalue weighted by Gasteiger charge is 2.42. The molecule has 0 saturated heterocycles. The number of nitrogens with zero attached hydrogens (tertiary/aromatic N) is 1. The summed E-state index contributed by atoms with van der Waals surface area (Å²) < 4.78 is 30.3. The van der Waals surface area contributed by atoms with Crippen LogP contribution in [0.1, 0.15) is 17.5 Å². The molecule has 0 atom stereocenters. The summed E-state index contributed by atoms with van der Waals surface area (Å²) in [5.41, 5.74) is 5.16. The number of carbonyl (C=O) groups is 1. The summed E-state index contributed by atoms with van der Waals surface area (Å²) in [6.07, 6.45) is -0.959. The van der Waals surface area contributed by atoms with E-state index >= 15 is 0 Å². The Bertz CT molecular complexity index is 923. The zero-order valence-electron chi connectivity index (χ0n) is 13.1. The van der Waals surface area contributed by atoms with Crippen LogP contribution in [0.3, 0.4) is 0 Å². The molecule has 1 aliphatic carbocycles. The van der Waals surface area contributed by atoms with Gasteiger partial charge in [0, 0.05) is 5.56 Å². The van der Waals surface area contributed by atoms with Crippen LogP contribution in [0, 0.1) is 0 Å². The van der Waals surface area contributed by atoms with E-state index in [-0.39, 0.29) is 5.75 Å². The average Bonchev–Trinajstić information content (AvgIpc) is 3.18. The zero-order chi connectivity index (χ0) is 17.6. The highest BCUT2D eigenvalue weighted by atomic mass is 19.3.